The third-order valence-electron chi connectivity index (χ3n) is 6.37. The maximum atomic E-state index is 10.4. The standard InChI is InChI=1S/C24H44O3Si/c1-11-12-22-13-14-23(25)24(26-22)20(9)15-19(8)21(10)27-28(16(2)3,17(4)5)18(6)7/h11,13-19,21-25H,1,12H2,2-10H3/b20-15+/t19-,21-,22+,23+,24+/m1/s1. The van der Waals surface area contributed by atoms with Gasteiger partial charge in [0.05, 0.1) is 6.10 Å². The van der Waals surface area contributed by atoms with Crippen molar-refractivity contribution >= 4 is 8.32 Å². The van der Waals surface area contributed by atoms with Crippen LogP contribution in [0.3, 0.4) is 0 Å². The summed E-state index contributed by atoms with van der Waals surface area (Å²) in [7, 11) is -1.91. The molecular formula is C24H44O3Si. The van der Waals surface area contributed by atoms with E-state index in [0.717, 1.165) is 12.0 Å². The van der Waals surface area contributed by atoms with Gasteiger partial charge in [-0.3, -0.25) is 0 Å². The van der Waals surface area contributed by atoms with Crippen molar-refractivity contribution in [1.29, 1.82) is 0 Å². The Morgan fingerprint density at radius 3 is 2.07 bits per heavy atom. The van der Waals surface area contributed by atoms with Crippen LogP contribution in [0.5, 0.6) is 0 Å². The first-order valence-corrected chi connectivity index (χ1v) is 13.1. The van der Waals surface area contributed by atoms with Crippen LogP contribution in [0.1, 0.15) is 68.7 Å². The van der Waals surface area contributed by atoms with Crippen molar-refractivity contribution in [2.75, 3.05) is 0 Å². The molecule has 0 aliphatic carbocycles. The fraction of sp³-hybridized carbons (Fsp3) is 0.750. The zero-order chi connectivity index (χ0) is 21.6. The minimum absolute atomic E-state index is 0.0129. The summed E-state index contributed by atoms with van der Waals surface area (Å²) in [4.78, 5) is 0. The van der Waals surface area contributed by atoms with Crippen LogP contribution in [0.15, 0.2) is 36.5 Å². The average Bonchev–Trinajstić information content (AvgIpc) is 2.60. The molecule has 1 rings (SSSR count). The van der Waals surface area contributed by atoms with Crippen molar-refractivity contribution in [3.8, 4) is 0 Å². The molecule has 0 bridgehead atoms. The van der Waals surface area contributed by atoms with E-state index in [9.17, 15) is 5.11 Å². The van der Waals surface area contributed by atoms with E-state index in [0.29, 0.717) is 16.6 Å². The average molecular weight is 409 g/mol. The molecule has 0 aromatic heterocycles. The lowest BCUT2D eigenvalue weighted by molar-refractivity contribution is -0.0349. The molecule has 1 N–H and O–H groups in total. The lowest BCUT2D eigenvalue weighted by atomic mass is 9.96. The Morgan fingerprint density at radius 2 is 1.61 bits per heavy atom. The van der Waals surface area contributed by atoms with Gasteiger partial charge in [-0.15, -0.1) is 6.58 Å². The number of hydrogen-bond donors (Lipinski definition) is 1. The first kappa shape index (κ1) is 25.4. The molecule has 1 aliphatic rings. The molecule has 5 atom stereocenters. The van der Waals surface area contributed by atoms with E-state index < -0.39 is 14.4 Å². The summed E-state index contributed by atoms with van der Waals surface area (Å²) < 4.78 is 13.0. The first-order valence-electron chi connectivity index (χ1n) is 11.0. The SMILES string of the molecule is C=CC[C@H]1C=C[C@H](O)[C@H](/C(C)=C/[C@@H](C)[C@@H](C)O[Si](C(C)C)(C(C)C)C(C)C)O1. The maximum absolute atomic E-state index is 10.4. The smallest absolute Gasteiger partial charge is 0.200 e. The molecule has 1 aliphatic heterocycles. The summed E-state index contributed by atoms with van der Waals surface area (Å²) in [5.74, 6) is 0.252. The number of hydrogen-bond acceptors (Lipinski definition) is 3. The van der Waals surface area contributed by atoms with E-state index in [4.69, 9.17) is 9.16 Å². The third-order valence-corrected chi connectivity index (χ3v) is 12.6. The topological polar surface area (TPSA) is 38.7 Å². The van der Waals surface area contributed by atoms with Crippen molar-refractivity contribution in [1.82, 2.24) is 0 Å². The van der Waals surface area contributed by atoms with Crippen LogP contribution >= 0.6 is 0 Å². The molecule has 0 saturated carbocycles. The zero-order valence-corrected chi connectivity index (χ0v) is 20.6. The molecule has 0 aromatic rings. The van der Waals surface area contributed by atoms with E-state index in [-0.39, 0.29) is 24.2 Å². The van der Waals surface area contributed by atoms with E-state index in [2.05, 4.69) is 75.0 Å². The fourth-order valence-electron chi connectivity index (χ4n) is 4.81. The third kappa shape index (κ3) is 5.91. The second-order valence-electron chi connectivity index (χ2n) is 9.41. The van der Waals surface area contributed by atoms with Crippen LogP contribution in [0.4, 0.5) is 0 Å². The monoisotopic (exact) mass is 408 g/mol. The molecule has 1 heterocycles. The minimum Gasteiger partial charge on any atom is -0.413 e. The maximum Gasteiger partial charge on any atom is 0.200 e. The van der Waals surface area contributed by atoms with Crippen molar-refractivity contribution in [3.05, 3.63) is 36.5 Å². The normalized spacial score (nSPS) is 26.2. The quantitative estimate of drug-likeness (QED) is 0.335. The van der Waals surface area contributed by atoms with Crippen molar-refractivity contribution in [2.45, 2.75) is 110 Å². The van der Waals surface area contributed by atoms with E-state index >= 15 is 0 Å². The summed E-state index contributed by atoms with van der Waals surface area (Å²) in [6, 6.07) is 0. The molecule has 0 fully saturated rings. The summed E-state index contributed by atoms with van der Waals surface area (Å²) in [5.41, 5.74) is 2.78. The molecule has 162 valence electrons. The zero-order valence-electron chi connectivity index (χ0n) is 19.6. The van der Waals surface area contributed by atoms with Gasteiger partial charge < -0.3 is 14.3 Å². The largest absolute Gasteiger partial charge is 0.413 e. The van der Waals surface area contributed by atoms with Crippen LogP contribution < -0.4 is 0 Å². The van der Waals surface area contributed by atoms with Gasteiger partial charge in [-0.05, 0) is 48.4 Å². The Bertz CT molecular complexity index is 528. The van der Waals surface area contributed by atoms with Gasteiger partial charge in [0.1, 0.15) is 12.2 Å². The summed E-state index contributed by atoms with van der Waals surface area (Å²) in [5, 5.41) is 10.4. The fourth-order valence-corrected chi connectivity index (χ4v) is 10.5. The molecule has 0 amide bonds. The molecule has 0 spiro atoms. The molecule has 0 aromatic carbocycles. The van der Waals surface area contributed by atoms with Crippen LogP contribution in [-0.4, -0.2) is 37.8 Å². The number of aliphatic hydroxyl groups excluding tert-OH is 1. The van der Waals surface area contributed by atoms with Gasteiger partial charge in [0.15, 0.2) is 0 Å². The number of aliphatic hydroxyl groups is 1. The summed E-state index contributed by atoms with van der Waals surface area (Å²) >= 11 is 0. The predicted molar refractivity (Wildman–Crippen MR) is 123 cm³/mol. The van der Waals surface area contributed by atoms with Crippen molar-refractivity contribution in [3.63, 3.8) is 0 Å². The molecule has 28 heavy (non-hydrogen) atoms. The van der Waals surface area contributed by atoms with Gasteiger partial charge in [-0.25, -0.2) is 0 Å². The summed E-state index contributed by atoms with van der Waals surface area (Å²) in [6.45, 7) is 24.2. The van der Waals surface area contributed by atoms with Crippen LogP contribution in [-0.2, 0) is 9.16 Å². The van der Waals surface area contributed by atoms with E-state index in [1.165, 1.54) is 0 Å². The van der Waals surface area contributed by atoms with Crippen LogP contribution in [0.25, 0.3) is 0 Å². The predicted octanol–water partition coefficient (Wildman–Crippen LogP) is 6.41. The first-order chi connectivity index (χ1) is 13.0. The lowest BCUT2D eigenvalue weighted by Gasteiger charge is -2.45. The van der Waals surface area contributed by atoms with E-state index in [1.807, 2.05) is 18.2 Å². The highest BCUT2D eigenvalue weighted by molar-refractivity contribution is 6.77. The Hall–Kier alpha value is -0.683. The molecular weight excluding hydrogens is 364 g/mol. The lowest BCUT2D eigenvalue weighted by Crippen LogP contribution is -2.50. The second kappa shape index (κ2) is 10.9. The Labute approximate surface area is 175 Å². The van der Waals surface area contributed by atoms with Crippen LogP contribution in [0, 0.1) is 5.92 Å². The van der Waals surface area contributed by atoms with Gasteiger partial charge >= 0.3 is 0 Å². The highest BCUT2D eigenvalue weighted by Crippen LogP contribution is 2.43. The van der Waals surface area contributed by atoms with Gasteiger partial charge in [0.25, 0.3) is 0 Å². The number of ether oxygens (including phenoxy) is 1. The van der Waals surface area contributed by atoms with Crippen LogP contribution in [0.2, 0.25) is 16.6 Å². The van der Waals surface area contributed by atoms with Gasteiger partial charge in [0, 0.05) is 6.10 Å². The van der Waals surface area contributed by atoms with Gasteiger partial charge in [-0.2, -0.15) is 0 Å². The second-order valence-corrected chi connectivity index (χ2v) is 14.8. The highest BCUT2D eigenvalue weighted by atomic mass is 28.4. The van der Waals surface area contributed by atoms with Crippen molar-refractivity contribution < 1.29 is 14.3 Å². The Kier molecular flexibility index (Phi) is 9.88. The molecule has 3 nitrogen and oxygen atoms in total. The Morgan fingerprint density at radius 1 is 1.07 bits per heavy atom. The molecule has 0 radical (unpaired) electrons. The molecule has 4 heteroatoms. The minimum atomic E-state index is -1.91. The van der Waals surface area contributed by atoms with Gasteiger partial charge in [-0.1, -0.05) is 72.8 Å². The molecule has 0 unspecified atom stereocenters. The highest BCUT2D eigenvalue weighted by Gasteiger charge is 2.46. The van der Waals surface area contributed by atoms with Crippen molar-refractivity contribution in [2.24, 2.45) is 5.92 Å². The van der Waals surface area contributed by atoms with E-state index in [1.54, 1.807) is 0 Å². The summed E-state index contributed by atoms with van der Waals surface area (Å²) in [6.07, 6.45) is 7.83. The molecule has 0 saturated heterocycles. The number of rotatable bonds is 10. The van der Waals surface area contributed by atoms with Gasteiger partial charge in [0.2, 0.25) is 8.32 Å². The Balaban J connectivity index is 2.96.